The lowest BCUT2D eigenvalue weighted by atomic mass is 10.1. The third-order valence-electron chi connectivity index (χ3n) is 3.07. The lowest BCUT2D eigenvalue weighted by molar-refractivity contribution is -0.120. The van der Waals surface area contributed by atoms with Gasteiger partial charge in [-0.2, -0.15) is 0 Å². The van der Waals surface area contributed by atoms with E-state index < -0.39 is 0 Å². The van der Waals surface area contributed by atoms with E-state index in [-0.39, 0.29) is 23.8 Å². The number of amides is 1. The van der Waals surface area contributed by atoms with Gasteiger partial charge >= 0.3 is 0 Å². The number of rotatable bonds is 5. The van der Waals surface area contributed by atoms with E-state index in [1.165, 1.54) is 12.1 Å². The van der Waals surface area contributed by atoms with Crippen LogP contribution in [-0.4, -0.2) is 23.2 Å². The van der Waals surface area contributed by atoms with E-state index in [2.05, 4.69) is 5.32 Å². The first kappa shape index (κ1) is 14.7. The maximum Gasteiger partial charge on any atom is 0.224 e. The van der Waals surface area contributed by atoms with Crippen LogP contribution in [0.2, 0.25) is 0 Å². The summed E-state index contributed by atoms with van der Waals surface area (Å²) in [7, 11) is 1.58. The van der Waals surface area contributed by atoms with E-state index in [0.717, 1.165) is 11.3 Å². The Balaban J connectivity index is 1.94. The van der Waals surface area contributed by atoms with Gasteiger partial charge in [-0.1, -0.05) is 24.3 Å². The Morgan fingerprint density at radius 1 is 1.14 bits per heavy atom. The number of hydrogen-bond donors (Lipinski definition) is 3. The van der Waals surface area contributed by atoms with Crippen LogP contribution in [-0.2, 0) is 17.8 Å². The molecule has 0 aliphatic carbocycles. The van der Waals surface area contributed by atoms with Gasteiger partial charge < -0.3 is 20.3 Å². The molecule has 0 aliphatic rings. The van der Waals surface area contributed by atoms with Crippen molar-refractivity contribution in [2.75, 3.05) is 7.11 Å². The molecule has 0 saturated heterocycles. The molecule has 0 atom stereocenters. The van der Waals surface area contributed by atoms with Crippen molar-refractivity contribution in [3.63, 3.8) is 0 Å². The van der Waals surface area contributed by atoms with Crippen molar-refractivity contribution in [2.24, 2.45) is 0 Å². The monoisotopic (exact) mass is 287 g/mol. The van der Waals surface area contributed by atoms with E-state index in [0.29, 0.717) is 12.1 Å². The molecule has 5 heteroatoms. The number of benzene rings is 2. The Hall–Kier alpha value is -2.69. The Kier molecular flexibility index (Phi) is 4.66. The summed E-state index contributed by atoms with van der Waals surface area (Å²) in [4.78, 5) is 11.9. The molecular formula is C16H17NO4. The van der Waals surface area contributed by atoms with Crippen LogP contribution in [0.3, 0.4) is 0 Å². The molecule has 5 nitrogen and oxygen atoms in total. The van der Waals surface area contributed by atoms with Gasteiger partial charge in [-0.3, -0.25) is 4.79 Å². The van der Waals surface area contributed by atoms with Gasteiger partial charge in [0.25, 0.3) is 0 Å². The summed E-state index contributed by atoms with van der Waals surface area (Å²) in [5.74, 6) is 0.115. The fraction of sp³-hybridized carbons (Fsp3) is 0.188. The van der Waals surface area contributed by atoms with Gasteiger partial charge in [-0.25, -0.2) is 0 Å². The number of phenolic OH excluding ortho intramolecular Hbond substituents is 2. The maximum absolute atomic E-state index is 11.9. The zero-order chi connectivity index (χ0) is 15.2. The molecule has 0 unspecified atom stereocenters. The van der Waals surface area contributed by atoms with Gasteiger partial charge in [-0.15, -0.1) is 0 Å². The summed E-state index contributed by atoms with van der Waals surface area (Å²) in [5.41, 5.74) is 1.52. The minimum absolute atomic E-state index is 0.128. The quantitative estimate of drug-likeness (QED) is 0.735. The third kappa shape index (κ3) is 3.89. The van der Waals surface area contributed by atoms with Crippen LogP contribution in [0.15, 0.2) is 42.5 Å². The van der Waals surface area contributed by atoms with Gasteiger partial charge in [0.15, 0.2) is 11.5 Å². The van der Waals surface area contributed by atoms with Crippen LogP contribution >= 0.6 is 0 Å². The largest absolute Gasteiger partial charge is 0.504 e. The van der Waals surface area contributed by atoms with Crippen molar-refractivity contribution >= 4 is 5.91 Å². The van der Waals surface area contributed by atoms with Crippen LogP contribution in [0, 0.1) is 0 Å². The Morgan fingerprint density at radius 3 is 2.62 bits per heavy atom. The van der Waals surface area contributed by atoms with Crippen molar-refractivity contribution in [1.82, 2.24) is 5.32 Å². The molecule has 0 spiro atoms. The minimum Gasteiger partial charge on any atom is -0.504 e. The first-order valence-corrected chi connectivity index (χ1v) is 6.49. The first-order valence-electron chi connectivity index (χ1n) is 6.49. The van der Waals surface area contributed by atoms with Gasteiger partial charge in [0.1, 0.15) is 5.75 Å². The molecule has 0 aliphatic heterocycles. The number of aromatic hydroxyl groups is 2. The van der Waals surface area contributed by atoms with Crippen LogP contribution in [0.1, 0.15) is 11.1 Å². The second kappa shape index (κ2) is 6.65. The fourth-order valence-corrected chi connectivity index (χ4v) is 1.97. The summed E-state index contributed by atoms with van der Waals surface area (Å²) < 4.78 is 5.21. The molecular weight excluding hydrogens is 270 g/mol. The first-order chi connectivity index (χ1) is 10.1. The summed E-state index contributed by atoms with van der Waals surface area (Å²) in [6.45, 7) is 0.368. The second-order valence-electron chi connectivity index (χ2n) is 4.59. The number of phenols is 2. The Bertz CT molecular complexity index is 640. The van der Waals surface area contributed by atoms with Crippen LogP contribution in [0.25, 0.3) is 0 Å². The van der Waals surface area contributed by atoms with E-state index in [1.807, 2.05) is 24.3 Å². The molecule has 2 aromatic rings. The zero-order valence-corrected chi connectivity index (χ0v) is 11.7. The van der Waals surface area contributed by atoms with Gasteiger partial charge in [0.2, 0.25) is 5.91 Å². The van der Waals surface area contributed by atoms with E-state index >= 15 is 0 Å². The second-order valence-corrected chi connectivity index (χ2v) is 4.59. The molecule has 0 radical (unpaired) electrons. The molecule has 3 N–H and O–H groups in total. The van der Waals surface area contributed by atoms with Crippen LogP contribution in [0.4, 0.5) is 0 Å². The van der Waals surface area contributed by atoms with Crippen molar-refractivity contribution in [3.8, 4) is 17.2 Å². The molecule has 0 bridgehead atoms. The number of carbonyl (C=O) groups excluding carboxylic acids is 1. The van der Waals surface area contributed by atoms with Crippen molar-refractivity contribution < 1.29 is 19.7 Å². The highest BCUT2D eigenvalue weighted by Gasteiger charge is 2.08. The summed E-state index contributed by atoms with van der Waals surface area (Å²) in [6, 6.07) is 11.8. The lowest BCUT2D eigenvalue weighted by Crippen LogP contribution is -2.24. The number of carbonyl (C=O) groups is 1. The highest BCUT2D eigenvalue weighted by atomic mass is 16.5. The summed E-state index contributed by atoms with van der Waals surface area (Å²) in [5, 5.41) is 21.4. The smallest absolute Gasteiger partial charge is 0.224 e. The summed E-state index contributed by atoms with van der Waals surface area (Å²) >= 11 is 0. The van der Waals surface area contributed by atoms with Gasteiger partial charge in [-0.05, 0) is 23.8 Å². The Labute approximate surface area is 122 Å². The maximum atomic E-state index is 11.9. The zero-order valence-electron chi connectivity index (χ0n) is 11.7. The SMILES string of the molecule is COc1ccccc1CNC(=O)Cc1ccc(O)c(O)c1. The van der Waals surface area contributed by atoms with Crippen LogP contribution in [0.5, 0.6) is 17.2 Å². The highest BCUT2D eigenvalue weighted by molar-refractivity contribution is 5.78. The van der Waals surface area contributed by atoms with Gasteiger partial charge in [0, 0.05) is 12.1 Å². The van der Waals surface area contributed by atoms with Gasteiger partial charge in [0.05, 0.1) is 13.5 Å². The van der Waals surface area contributed by atoms with Crippen molar-refractivity contribution in [3.05, 3.63) is 53.6 Å². The number of hydrogen-bond acceptors (Lipinski definition) is 4. The lowest BCUT2D eigenvalue weighted by Gasteiger charge is -2.09. The van der Waals surface area contributed by atoms with E-state index in [9.17, 15) is 15.0 Å². The Morgan fingerprint density at radius 2 is 1.90 bits per heavy atom. The molecule has 110 valence electrons. The molecule has 2 aromatic carbocycles. The molecule has 0 aromatic heterocycles. The third-order valence-corrected chi connectivity index (χ3v) is 3.07. The number of nitrogens with one attached hydrogen (secondary N) is 1. The molecule has 21 heavy (non-hydrogen) atoms. The molecule has 2 rings (SSSR count). The van der Waals surface area contributed by atoms with Crippen LogP contribution < -0.4 is 10.1 Å². The average Bonchev–Trinajstić information content (AvgIpc) is 2.49. The predicted molar refractivity (Wildman–Crippen MR) is 78.3 cm³/mol. The molecule has 0 fully saturated rings. The van der Waals surface area contributed by atoms with Crippen molar-refractivity contribution in [2.45, 2.75) is 13.0 Å². The minimum atomic E-state index is -0.231. The molecule has 0 saturated carbocycles. The standard InChI is InChI=1S/C16H17NO4/c1-21-15-5-3-2-4-12(15)10-17-16(20)9-11-6-7-13(18)14(19)8-11/h2-8,18-19H,9-10H2,1H3,(H,17,20). The molecule has 0 heterocycles. The number of methoxy groups -OCH3 is 1. The highest BCUT2D eigenvalue weighted by Crippen LogP contribution is 2.25. The normalized spacial score (nSPS) is 10.1. The summed E-state index contributed by atoms with van der Waals surface area (Å²) in [6.07, 6.45) is 0.128. The van der Waals surface area contributed by atoms with E-state index in [4.69, 9.17) is 4.74 Å². The number of ether oxygens (including phenoxy) is 1. The topological polar surface area (TPSA) is 78.8 Å². The molecule has 1 amide bonds. The average molecular weight is 287 g/mol. The predicted octanol–water partition coefficient (Wildman–Crippen LogP) is 1.97. The van der Waals surface area contributed by atoms with E-state index in [1.54, 1.807) is 13.2 Å². The van der Waals surface area contributed by atoms with Crippen molar-refractivity contribution in [1.29, 1.82) is 0 Å². The number of para-hydroxylation sites is 1. The fourth-order valence-electron chi connectivity index (χ4n) is 1.97.